The molecule has 0 saturated carbocycles. The van der Waals surface area contributed by atoms with E-state index in [0.29, 0.717) is 12.0 Å². The molecule has 29 heavy (non-hydrogen) atoms. The molecule has 1 heterocycles. The number of quaternary nitrogens is 1. The maximum atomic E-state index is 13.5. The van der Waals surface area contributed by atoms with Crippen molar-refractivity contribution in [3.8, 4) is 0 Å². The summed E-state index contributed by atoms with van der Waals surface area (Å²) in [5.41, 5.74) is 4.42. The van der Waals surface area contributed by atoms with E-state index in [-0.39, 0.29) is 31.1 Å². The lowest BCUT2D eigenvalue weighted by atomic mass is 9.95. The summed E-state index contributed by atoms with van der Waals surface area (Å²) in [6, 6.07) is -3.12. The molecule has 0 bridgehead atoms. The Morgan fingerprint density at radius 1 is 1.10 bits per heavy atom. The molecule has 0 aromatic heterocycles. The molecule has 6 nitrogen and oxygen atoms in total. The number of nitrogens with zero attached hydrogens (tertiary/aromatic N) is 1. The second-order valence-corrected chi connectivity index (χ2v) is 7.30. The van der Waals surface area contributed by atoms with Gasteiger partial charge in [-0.05, 0) is 38.2 Å². The first kappa shape index (κ1) is 27.2. The van der Waals surface area contributed by atoms with E-state index in [2.05, 4.69) is 5.73 Å². The monoisotopic (exact) mass is 449 g/mol. The van der Waals surface area contributed by atoms with Crippen LogP contribution in [0, 0.1) is 5.92 Å². The van der Waals surface area contributed by atoms with E-state index >= 15 is 0 Å². The molecule has 168 valence electrons. The van der Waals surface area contributed by atoms with E-state index in [1.807, 2.05) is 5.32 Å². The van der Waals surface area contributed by atoms with Crippen molar-refractivity contribution >= 4 is 17.6 Å². The Bertz CT molecular complexity index is 676. The summed E-state index contributed by atoms with van der Waals surface area (Å²) < 4.78 is 64.5. The standard InChI is InChI=1S/C17H24F5N3O3.ClH/c1-8(2)11(23)15(28)25-7-5-6-10(25)14(27)24-12(9(3)4)13(26)16(18,19)17(20,21)22;/h9-10,12H,5-7,23H2,1-4H3,(H,24,27);1H/t10-,12-;/m0./s1. The number of nitrogens with one attached hydrogen (secondary N) is 1. The SMILES string of the molecule is CC(C)=C([NH3+])C(=O)N1CCC[C@H]1C(=O)N[C@H](C(=O)C(F)(F)C(F)(F)F)C(C)C.[Cl-]. The minimum Gasteiger partial charge on any atom is -1.00 e. The average molecular weight is 450 g/mol. The van der Waals surface area contributed by atoms with Gasteiger partial charge in [0, 0.05) is 6.54 Å². The van der Waals surface area contributed by atoms with Crippen LogP contribution in [0.5, 0.6) is 0 Å². The number of likely N-dealkylation sites (tertiary alicyclic amines) is 1. The molecule has 1 aliphatic heterocycles. The number of carbonyl (C=O) groups excluding carboxylic acids is 3. The zero-order valence-corrected chi connectivity index (χ0v) is 17.3. The molecule has 0 radical (unpaired) electrons. The number of carbonyl (C=O) groups is 3. The van der Waals surface area contributed by atoms with Gasteiger partial charge in [0.15, 0.2) is 5.70 Å². The first-order valence-electron chi connectivity index (χ1n) is 8.72. The van der Waals surface area contributed by atoms with Crippen LogP contribution in [-0.4, -0.2) is 53.2 Å². The highest BCUT2D eigenvalue weighted by atomic mass is 35.5. The van der Waals surface area contributed by atoms with Crippen LogP contribution in [-0.2, 0) is 14.4 Å². The van der Waals surface area contributed by atoms with Crippen LogP contribution in [0.4, 0.5) is 22.0 Å². The topological polar surface area (TPSA) is 94.1 Å². The van der Waals surface area contributed by atoms with Crippen molar-refractivity contribution in [1.82, 2.24) is 10.2 Å². The van der Waals surface area contributed by atoms with Gasteiger partial charge in [-0.15, -0.1) is 0 Å². The summed E-state index contributed by atoms with van der Waals surface area (Å²) in [6.45, 7) is 5.99. The van der Waals surface area contributed by atoms with Gasteiger partial charge in [0.25, 0.3) is 0 Å². The molecular weight excluding hydrogens is 425 g/mol. The Kier molecular flexibility index (Phi) is 9.24. The fourth-order valence-electron chi connectivity index (χ4n) is 2.79. The molecule has 1 fully saturated rings. The lowest BCUT2D eigenvalue weighted by molar-refractivity contribution is -0.302. The number of Topliss-reactive ketones (excluding diaryl/α,β-unsaturated/α-hetero) is 1. The van der Waals surface area contributed by atoms with Gasteiger partial charge in [0.2, 0.25) is 11.7 Å². The van der Waals surface area contributed by atoms with Crippen molar-refractivity contribution in [2.75, 3.05) is 6.54 Å². The Hall–Kier alpha value is -1.75. The summed E-state index contributed by atoms with van der Waals surface area (Å²) in [6.07, 6.45) is -5.43. The van der Waals surface area contributed by atoms with Crippen molar-refractivity contribution in [1.29, 1.82) is 0 Å². The predicted molar refractivity (Wildman–Crippen MR) is 88.8 cm³/mol. The Balaban J connectivity index is 0.00000784. The summed E-state index contributed by atoms with van der Waals surface area (Å²) in [5, 5.41) is 1.99. The van der Waals surface area contributed by atoms with Crippen LogP contribution < -0.4 is 23.5 Å². The third kappa shape index (κ3) is 5.88. The van der Waals surface area contributed by atoms with Crippen LogP contribution in [0.2, 0.25) is 0 Å². The third-order valence-electron chi connectivity index (χ3n) is 4.59. The Morgan fingerprint density at radius 3 is 2.03 bits per heavy atom. The van der Waals surface area contributed by atoms with E-state index in [9.17, 15) is 36.3 Å². The summed E-state index contributed by atoms with van der Waals surface area (Å²) >= 11 is 0. The van der Waals surface area contributed by atoms with Gasteiger partial charge in [0.1, 0.15) is 6.04 Å². The first-order valence-corrected chi connectivity index (χ1v) is 8.72. The van der Waals surface area contributed by atoms with Gasteiger partial charge >= 0.3 is 18.0 Å². The van der Waals surface area contributed by atoms with Crippen molar-refractivity contribution in [3.63, 3.8) is 0 Å². The number of amides is 2. The zero-order chi connectivity index (χ0) is 22.0. The lowest BCUT2D eigenvalue weighted by Crippen LogP contribution is -3.00. The van der Waals surface area contributed by atoms with Gasteiger partial charge in [0.05, 0.1) is 6.04 Å². The molecule has 1 rings (SSSR count). The molecule has 12 heteroatoms. The largest absolute Gasteiger partial charge is 1.00 e. The predicted octanol–water partition coefficient (Wildman–Crippen LogP) is -1.58. The molecule has 4 N–H and O–H groups in total. The number of ketones is 1. The van der Waals surface area contributed by atoms with Crippen molar-refractivity contribution < 1.29 is 54.5 Å². The van der Waals surface area contributed by atoms with E-state index < -0.39 is 47.7 Å². The summed E-state index contributed by atoms with van der Waals surface area (Å²) in [7, 11) is 0. The molecule has 0 aromatic rings. The Morgan fingerprint density at radius 2 is 1.62 bits per heavy atom. The molecule has 0 aromatic carbocycles. The maximum Gasteiger partial charge on any atom is 0.461 e. The van der Waals surface area contributed by atoms with E-state index in [1.54, 1.807) is 13.8 Å². The lowest BCUT2D eigenvalue weighted by Gasteiger charge is -2.29. The molecule has 0 unspecified atom stereocenters. The third-order valence-corrected chi connectivity index (χ3v) is 4.59. The highest BCUT2D eigenvalue weighted by molar-refractivity contribution is 5.98. The first-order chi connectivity index (χ1) is 12.6. The molecule has 1 saturated heterocycles. The number of hydrogen-bond donors (Lipinski definition) is 2. The fraction of sp³-hybridized carbons (Fsp3) is 0.706. The molecule has 2 amide bonds. The zero-order valence-electron chi connectivity index (χ0n) is 16.5. The highest BCUT2D eigenvalue weighted by Gasteiger charge is 2.64. The minimum atomic E-state index is -6.07. The second kappa shape index (κ2) is 9.84. The number of allylic oxidation sites excluding steroid dienone is 1. The van der Waals surface area contributed by atoms with E-state index in [0.717, 1.165) is 0 Å². The number of alkyl halides is 5. The highest BCUT2D eigenvalue weighted by Crippen LogP contribution is 2.37. The fourth-order valence-corrected chi connectivity index (χ4v) is 2.79. The molecule has 0 spiro atoms. The summed E-state index contributed by atoms with van der Waals surface area (Å²) in [5.74, 6) is -10.5. The normalized spacial score (nSPS) is 18.2. The van der Waals surface area contributed by atoms with Gasteiger partial charge in [-0.3, -0.25) is 14.4 Å². The second-order valence-electron chi connectivity index (χ2n) is 7.30. The van der Waals surface area contributed by atoms with E-state index in [4.69, 9.17) is 0 Å². The Labute approximate surface area is 171 Å². The van der Waals surface area contributed by atoms with Crippen molar-refractivity contribution in [2.45, 2.75) is 64.7 Å². The minimum absolute atomic E-state index is 0. The van der Waals surface area contributed by atoms with Crippen LogP contribution in [0.15, 0.2) is 11.3 Å². The van der Waals surface area contributed by atoms with Gasteiger partial charge < -0.3 is 28.4 Å². The van der Waals surface area contributed by atoms with E-state index in [1.165, 1.54) is 18.7 Å². The maximum absolute atomic E-state index is 13.5. The number of rotatable bonds is 6. The molecular formula is C17H25ClF5N3O3. The molecule has 2 atom stereocenters. The van der Waals surface area contributed by atoms with Crippen molar-refractivity contribution in [2.24, 2.45) is 5.92 Å². The summed E-state index contributed by atoms with van der Waals surface area (Å²) in [4.78, 5) is 38.0. The van der Waals surface area contributed by atoms with Crippen LogP contribution in [0.3, 0.4) is 0 Å². The van der Waals surface area contributed by atoms with Gasteiger partial charge in [-0.2, -0.15) is 22.0 Å². The van der Waals surface area contributed by atoms with Gasteiger partial charge in [-0.1, -0.05) is 13.8 Å². The van der Waals surface area contributed by atoms with Crippen LogP contribution in [0.25, 0.3) is 0 Å². The van der Waals surface area contributed by atoms with Crippen LogP contribution in [0.1, 0.15) is 40.5 Å². The smallest absolute Gasteiger partial charge is 0.461 e. The van der Waals surface area contributed by atoms with Gasteiger partial charge in [-0.25, -0.2) is 0 Å². The van der Waals surface area contributed by atoms with Crippen LogP contribution >= 0.6 is 0 Å². The average Bonchev–Trinajstić information content (AvgIpc) is 3.05. The van der Waals surface area contributed by atoms with Crippen molar-refractivity contribution in [3.05, 3.63) is 11.3 Å². The number of hydrogen-bond acceptors (Lipinski definition) is 3. The number of halogens is 6. The molecule has 1 aliphatic rings. The quantitative estimate of drug-likeness (QED) is 0.379. The molecule has 0 aliphatic carbocycles.